The topological polar surface area (TPSA) is 77.1 Å². The van der Waals surface area contributed by atoms with E-state index in [1.807, 2.05) is 30.0 Å². The summed E-state index contributed by atoms with van der Waals surface area (Å²) in [6.45, 7) is 9.78. The lowest BCUT2D eigenvalue weighted by atomic mass is 9.84. The van der Waals surface area contributed by atoms with E-state index in [4.69, 9.17) is 14.2 Å². The molecule has 0 aromatic heterocycles. The van der Waals surface area contributed by atoms with Crippen LogP contribution < -0.4 is 15.0 Å². The number of hydrogen-bond acceptors (Lipinski definition) is 6. The van der Waals surface area contributed by atoms with Gasteiger partial charge in [0.15, 0.2) is 0 Å². The van der Waals surface area contributed by atoms with Gasteiger partial charge < -0.3 is 24.4 Å². The first kappa shape index (κ1) is 30.6. The van der Waals surface area contributed by atoms with Crippen LogP contribution in [0.4, 0.5) is 5.69 Å². The van der Waals surface area contributed by atoms with Gasteiger partial charge in [0.25, 0.3) is 0 Å². The number of piperidine rings is 1. The van der Waals surface area contributed by atoms with E-state index in [-0.39, 0.29) is 31.0 Å². The predicted octanol–water partition coefficient (Wildman–Crippen LogP) is 5.43. The number of carbonyl (C=O) groups is 2. The molecule has 3 atom stereocenters. The van der Waals surface area contributed by atoms with Crippen LogP contribution >= 0.6 is 0 Å². The highest BCUT2D eigenvalue weighted by molar-refractivity contribution is 5.97. The predicted molar refractivity (Wildman–Crippen MR) is 154 cm³/mol. The Morgan fingerprint density at radius 2 is 1.84 bits per heavy atom. The minimum atomic E-state index is -0.187. The van der Waals surface area contributed by atoms with Crippen LogP contribution in [0, 0.1) is 30.6 Å². The smallest absolute Gasteiger partial charge is 0.231 e. The molecule has 2 fully saturated rings. The second-order valence-corrected chi connectivity index (χ2v) is 11.7. The number of nitrogens with zero attached hydrogens (tertiary/aromatic N) is 1. The fourth-order valence-corrected chi connectivity index (χ4v) is 5.64. The third-order valence-electron chi connectivity index (χ3n) is 7.75. The molecule has 1 aliphatic heterocycles. The highest BCUT2D eigenvalue weighted by Gasteiger charge is 2.39. The molecule has 0 unspecified atom stereocenters. The molecule has 3 rings (SSSR count). The summed E-state index contributed by atoms with van der Waals surface area (Å²) in [5.74, 6) is 2.08. The van der Waals surface area contributed by atoms with Gasteiger partial charge in [-0.1, -0.05) is 19.9 Å². The molecular weight excluding hydrogens is 480 g/mol. The van der Waals surface area contributed by atoms with Crippen molar-refractivity contribution in [1.82, 2.24) is 5.32 Å². The third-order valence-corrected chi connectivity index (χ3v) is 7.75. The van der Waals surface area contributed by atoms with Crippen molar-refractivity contribution in [2.75, 3.05) is 52.0 Å². The van der Waals surface area contributed by atoms with Gasteiger partial charge in [0.2, 0.25) is 5.91 Å². The summed E-state index contributed by atoms with van der Waals surface area (Å²) in [5.41, 5.74) is 1.95. The van der Waals surface area contributed by atoms with Gasteiger partial charge >= 0.3 is 0 Å². The lowest BCUT2D eigenvalue weighted by Crippen LogP contribution is -2.48. The summed E-state index contributed by atoms with van der Waals surface area (Å²) in [4.78, 5) is 28.9. The standard InChI is InChI=1S/C31H50N2O5.H2/c1-22(2)16-24(21-37-5)8-6-9-29(34)25-17-26(20-32-19-25)31(35)33(27-12-13-27)28-11-10-23(3)30(18-28)38-15-7-14-36-4;/h10-11,18,22,24-27,32H,6-9,12-17,19-21H2,1-5H3;1H/t24-,25+,26-;/m1./s1. The molecule has 1 heterocycles. The summed E-state index contributed by atoms with van der Waals surface area (Å²) in [6.07, 6.45) is 7.10. The van der Waals surface area contributed by atoms with E-state index in [0.29, 0.717) is 51.0 Å². The number of aryl methyl sites for hydroxylation is 1. The van der Waals surface area contributed by atoms with Crippen LogP contribution in [0.2, 0.25) is 0 Å². The number of benzene rings is 1. The zero-order valence-corrected chi connectivity index (χ0v) is 24.3. The fourth-order valence-electron chi connectivity index (χ4n) is 5.64. The maximum absolute atomic E-state index is 13.8. The molecule has 1 saturated heterocycles. The molecule has 0 bridgehead atoms. The van der Waals surface area contributed by atoms with Crippen molar-refractivity contribution in [3.05, 3.63) is 23.8 Å². The minimum absolute atomic E-state index is 0. The lowest BCUT2D eigenvalue weighted by Gasteiger charge is -2.33. The normalized spacial score (nSPS) is 20.4. The van der Waals surface area contributed by atoms with Crippen LogP contribution in [-0.2, 0) is 19.1 Å². The molecule has 2 aliphatic rings. The molecular formula is C31H52N2O5. The summed E-state index contributed by atoms with van der Waals surface area (Å²) in [6, 6.07) is 6.30. The Bertz CT molecular complexity index is 892. The van der Waals surface area contributed by atoms with Crippen molar-refractivity contribution in [3.63, 3.8) is 0 Å². The number of ether oxygens (including phenoxy) is 3. The largest absolute Gasteiger partial charge is 0.493 e. The Morgan fingerprint density at radius 1 is 1.08 bits per heavy atom. The maximum atomic E-state index is 13.8. The van der Waals surface area contributed by atoms with Crippen molar-refractivity contribution in [2.24, 2.45) is 23.7 Å². The highest BCUT2D eigenvalue weighted by Crippen LogP contribution is 2.37. The van der Waals surface area contributed by atoms with E-state index in [2.05, 4.69) is 19.2 Å². The van der Waals surface area contributed by atoms with E-state index in [1.54, 1.807) is 14.2 Å². The highest BCUT2D eigenvalue weighted by atomic mass is 16.5. The Kier molecular flexibility index (Phi) is 12.5. The maximum Gasteiger partial charge on any atom is 0.231 e. The summed E-state index contributed by atoms with van der Waals surface area (Å²) >= 11 is 0. The van der Waals surface area contributed by atoms with E-state index < -0.39 is 0 Å². The monoisotopic (exact) mass is 532 g/mol. The van der Waals surface area contributed by atoms with Crippen LogP contribution in [0.15, 0.2) is 18.2 Å². The average Bonchev–Trinajstić information content (AvgIpc) is 3.73. The molecule has 0 spiro atoms. The fraction of sp³-hybridized carbons (Fsp3) is 0.742. The van der Waals surface area contributed by atoms with E-state index >= 15 is 0 Å². The van der Waals surface area contributed by atoms with Gasteiger partial charge in [0.1, 0.15) is 11.5 Å². The Labute approximate surface area is 231 Å². The zero-order chi connectivity index (χ0) is 27.5. The van der Waals surface area contributed by atoms with Crippen molar-refractivity contribution in [2.45, 2.75) is 78.2 Å². The zero-order valence-electron chi connectivity index (χ0n) is 24.3. The molecule has 1 aromatic carbocycles. The van der Waals surface area contributed by atoms with E-state index in [1.165, 1.54) is 0 Å². The lowest BCUT2D eigenvalue weighted by molar-refractivity contribution is -0.127. The SMILES string of the molecule is COCCCOc1cc(N(C(=O)[C@H]2CNC[C@@H](C(=O)CCC[C@@H](COC)CC(C)C)C2)C2CC2)ccc1C.[HH]. The van der Waals surface area contributed by atoms with Gasteiger partial charge in [-0.15, -0.1) is 0 Å². The van der Waals surface area contributed by atoms with Gasteiger partial charge in [0, 0.05) is 78.5 Å². The summed E-state index contributed by atoms with van der Waals surface area (Å²) in [5, 5.41) is 3.39. The van der Waals surface area contributed by atoms with Crippen LogP contribution in [0.5, 0.6) is 5.75 Å². The van der Waals surface area contributed by atoms with E-state index in [9.17, 15) is 9.59 Å². The molecule has 1 amide bonds. The molecule has 1 aliphatic carbocycles. The first-order chi connectivity index (χ1) is 18.3. The van der Waals surface area contributed by atoms with Crippen LogP contribution in [-0.4, -0.2) is 64.9 Å². The number of anilines is 1. The number of ketones is 1. The Morgan fingerprint density at radius 3 is 2.53 bits per heavy atom. The second-order valence-electron chi connectivity index (χ2n) is 11.7. The molecule has 1 N–H and O–H groups in total. The number of nitrogens with one attached hydrogen (secondary N) is 1. The van der Waals surface area contributed by atoms with Gasteiger partial charge in [0.05, 0.1) is 12.5 Å². The van der Waals surface area contributed by atoms with Crippen molar-refractivity contribution < 1.29 is 25.2 Å². The number of methoxy groups -OCH3 is 2. The average molecular weight is 533 g/mol. The Balaban J connectivity index is 0.00000533. The molecule has 216 valence electrons. The van der Waals surface area contributed by atoms with Crippen LogP contribution in [0.3, 0.4) is 0 Å². The summed E-state index contributed by atoms with van der Waals surface area (Å²) < 4.78 is 16.5. The second kappa shape index (κ2) is 15.6. The summed E-state index contributed by atoms with van der Waals surface area (Å²) in [7, 11) is 3.44. The quantitative estimate of drug-likeness (QED) is 0.270. The molecule has 1 saturated carbocycles. The minimum Gasteiger partial charge on any atom is -0.493 e. The van der Waals surface area contributed by atoms with Crippen molar-refractivity contribution >= 4 is 17.4 Å². The van der Waals surface area contributed by atoms with Crippen LogP contribution in [0.25, 0.3) is 0 Å². The van der Waals surface area contributed by atoms with Crippen molar-refractivity contribution in [1.29, 1.82) is 0 Å². The molecule has 7 nitrogen and oxygen atoms in total. The number of amides is 1. The molecule has 0 radical (unpaired) electrons. The first-order valence-corrected chi connectivity index (χ1v) is 14.6. The number of hydrogen-bond donors (Lipinski definition) is 1. The molecule has 1 aromatic rings. The van der Waals surface area contributed by atoms with Gasteiger partial charge in [-0.05, 0) is 68.9 Å². The number of Topliss-reactive ketones (excluding diaryl/α,β-unsaturated/α-hetero) is 1. The third kappa shape index (κ3) is 9.35. The number of carbonyl (C=O) groups excluding carboxylic acids is 2. The molecule has 7 heteroatoms. The van der Waals surface area contributed by atoms with Crippen molar-refractivity contribution in [3.8, 4) is 5.75 Å². The number of rotatable bonds is 17. The van der Waals surface area contributed by atoms with E-state index in [0.717, 1.165) is 62.1 Å². The van der Waals surface area contributed by atoms with Gasteiger partial charge in [-0.2, -0.15) is 0 Å². The van der Waals surface area contributed by atoms with Crippen LogP contribution in [0.1, 0.15) is 72.2 Å². The first-order valence-electron chi connectivity index (χ1n) is 14.6. The van der Waals surface area contributed by atoms with Gasteiger partial charge in [-0.25, -0.2) is 0 Å². The Hall–Kier alpha value is -1.96. The van der Waals surface area contributed by atoms with Gasteiger partial charge in [-0.3, -0.25) is 9.59 Å². The molecule has 38 heavy (non-hydrogen) atoms.